The van der Waals surface area contributed by atoms with E-state index >= 15 is 0 Å². The Morgan fingerprint density at radius 2 is 1.90 bits per heavy atom. The van der Waals surface area contributed by atoms with Crippen LogP contribution in [0.3, 0.4) is 0 Å². The fourth-order valence-electron chi connectivity index (χ4n) is 4.72. The van der Waals surface area contributed by atoms with Crippen LogP contribution in [0.4, 0.5) is 5.95 Å². The summed E-state index contributed by atoms with van der Waals surface area (Å²) in [6.45, 7) is 1.38. The van der Waals surface area contributed by atoms with E-state index in [4.69, 9.17) is 11.6 Å². The van der Waals surface area contributed by atoms with Crippen LogP contribution in [0.2, 0.25) is 5.02 Å². The highest BCUT2D eigenvalue weighted by molar-refractivity contribution is 6.30. The predicted molar refractivity (Wildman–Crippen MR) is 114 cm³/mol. The number of rotatable bonds is 5. The number of nitrogens with zero attached hydrogens (tertiary/aromatic N) is 5. The predicted octanol–water partition coefficient (Wildman–Crippen LogP) is 3.69. The molecule has 2 aromatic heterocycles. The number of carbonyl (C=O) groups is 1. The van der Waals surface area contributed by atoms with Gasteiger partial charge < -0.3 is 10.2 Å². The lowest BCUT2D eigenvalue weighted by molar-refractivity contribution is 0.0567. The van der Waals surface area contributed by atoms with E-state index in [9.17, 15) is 4.79 Å². The first-order valence-electron chi connectivity index (χ1n) is 10.0. The van der Waals surface area contributed by atoms with Crippen molar-refractivity contribution in [2.45, 2.75) is 24.8 Å². The second-order valence-electron chi connectivity index (χ2n) is 7.95. The van der Waals surface area contributed by atoms with Crippen molar-refractivity contribution in [1.82, 2.24) is 24.8 Å². The summed E-state index contributed by atoms with van der Waals surface area (Å²) in [7, 11) is 0. The smallest absolute Gasteiger partial charge is 0.255 e. The zero-order valence-electron chi connectivity index (χ0n) is 16.3. The van der Waals surface area contributed by atoms with Gasteiger partial charge in [0.1, 0.15) is 0 Å². The van der Waals surface area contributed by atoms with Crippen molar-refractivity contribution in [3.63, 3.8) is 0 Å². The van der Waals surface area contributed by atoms with E-state index in [1.54, 1.807) is 30.9 Å². The molecule has 2 atom stereocenters. The highest BCUT2D eigenvalue weighted by Crippen LogP contribution is 2.47. The molecule has 152 valence electrons. The molecule has 3 heterocycles. The number of likely N-dealkylation sites (tertiary alicyclic amines) is 1. The van der Waals surface area contributed by atoms with Crippen LogP contribution in [-0.2, 0) is 0 Å². The van der Waals surface area contributed by atoms with Crippen LogP contribution in [0.15, 0.2) is 55.1 Å². The van der Waals surface area contributed by atoms with Gasteiger partial charge >= 0.3 is 0 Å². The van der Waals surface area contributed by atoms with Gasteiger partial charge in [0.25, 0.3) is 5.91 Å². The second kappa shape index (κ2) is 7.65. The summed E-state index contributed by atoms with van der Waals surface area (Å²) in [5, 5.41) is 3.81. The van der Waals surface area contributed by atoms with Gasteiger partial charge in [-0.15, -0.1) is 0 Å². The standard InChI is InChI=1S/C22H21ClN6O/c23-16-11-26-21(27-12-16)28-14-22-7-6-15(10-22)13-29(22)20(30)18-5-2-1-4-17(18)19-24-8-3-9-25-19/h1-5,8-9,11-12,15H,6-7,10,13-14H2,(H,26,27,28). The third-order valence-corrected chi connectivity index (χ3v) is 6.30. The van der Waals surface area contributed by atoms with Crippen LogP contribution >= 0.6 is 11.6 Å². The number of nitrogens with one attached hydrogen (secondary N) is 1. The number of hydrogen-bond acceptors (Lipinski definition) is 6. The Bertz CT molecular complexity index is 1060. The molecule has 0 spiro atoms. The molecule has 2 bridgehead atoms. The van der Waals surface area contributed by atoms with E-state index in [1.165, 1.54) is 0 Å². The summed E-state index contributed by atoms with van der Waals surface area (Å²) in [4.78, 5) is 32.9. The largest absolute Gasteiger partial charge is 0.352 e. The van der Waals surface area contributed by atoms with E-state index in [1.807, 2.05) is 29.2 Å². The second-order valence-corrected chi connectivity index (χ2v) is 8.38. The molecule has 2 unspecified atom stereocenters. The van der Waals surface area contributed by atoms with Gasteiger partial charge in [0.2, 0.25) is 5.95 Å². The fourth-order valence-corrected chi connectivity index (χ4v) is 4.81. The maximum atomic E-state index is 13.7. The Labute approximate surface area is 179 Å². The van der Waals surface area contributed by atoms with Crippen molar-refractivity contribution >= 4 is 23.5 Å². The van der Waals surface area contributed by atoms with E-state index < -0.39 is 0 Å². The quantitative estimate of drug-likeness (QED) is 0.677. The number of aromatic nitrogens is 4. The summed E-state index contributed by atoms with van der Waals surface area (Å²) in [5.74, 6) is 1.64. The fraction of sp³-hybridized carbons (Fsp3) is 0.318. The number of hydrogen-bond donors (Lipinski definition) is 1. The maximum Gasteiger partial charge on any atom is 0.255 e. The molecular formula is C22H21ClN6O. The topological polar surface area (TPSA) is 83.9 Å². The summed E-state index contributed by atoms with van der Waals surface area (Å²) in [5.41, 5.74) is 1.16. The summed E-state index contributed by atoms with van der Waals surface area (Å²) >= 11 is 5.88. The number of piperidine rings is 1. The number of anilines is 1. The summed E-state index contributed by atoms with van der Waals surface area (Å²) in [6, 6.07) is 9.34. The molecule has 1 aliphatic carbocycles. The minimum absolute atomic E-state index is 0.0269. The van der Waals surface area contributed by atoms with Gasteiger partial charge in [-0.25, -0.2) is 19.9 Å². The SMILES string of the molecule is O=C(c1ccccc1-c1ncccn1)N1CC2CCC1(CNc1ncc(Cl)cn1)C2. The molecule has 30 heavy (non-hydrogen) atoms. The van der Waals surface area contributed by atoms with Crippen molar-refractivity contribution < 1.29 is 4.79 Å². The van der Waals surface area contributed by atoms with Crippen molar-refractivity contribution in [3.05, 3.63) is 65.7 Å². The van der Waals surface area contributed by atoms with Gasteiger partial charge in [-0.1, -0.05) is 29.8 Å². The number of benzene rings is 1. The average Bonchev–Trinajstić information content (AvgIpc) is 3.38. The van der Waals surface area contributed by atoms with E-state index in [-0.39, 0.29) is 11.4 Å². The minimum Gasteiger partial charge on any atom is -0.352 e. The number of carbonyl (C=O) groups excluding carboxylic acids is 1. The van der Waals surface area contributed by atoms with Gasteiger partial charge in [0, 0.05) is 31.0 Å². The first kappa shape index (κ1) is 18.9. The first-order valence-corrected chi connectivity index (χ1v) is 10.4. The van der Waals surface area contributed by atoms with Gasteiger partial charge in [0.05, 0.1) is 28.5 Å². The normalized spacial score (nSPS) is 22.3. The van der Waals surface area contributed by atoms with Gasteiger partial charge in [-0.2, -0.15) is 0 Å². The molecule has 1 aliphatic heterocycles. The molecule has 1 N–H and O–H groups in total. The lowest BCUT2D eigenvalue weighted by Crippen LogP contribution is -2.52. The molecule has 1 aromatic carbocycles. The zero-order chi connectivity index (χ0) is 20.6. The maximum absolute atomic E-state index is 13.7. The van der Waals surface area contributed by atoms with E-state index in [0.717, 1.165) is 31.4 Å². The molecular weight excluding hydrogens is 400 g/mol. The van der Waals surface area contributed by atoms with Crippen LogP contribution in [0.1, 0.15) is 29.6 Å². The molecule has 0 radical (unpaired) electrons. The van der Waals surface area contributed by atoms with Crippen LogP contribution in [0, 0.1) is 5.92 Å². The molecule has 7 nitrogen and oxygen atoms in total. The van der Waals surface area contributed by atoms with Crippen molar-refractivity contribution in [1.29, 1.82) is 0 Å². The van der Waals surface area contributed by atoms with Crippen molar-refractivity contribution in [2.75, 3.05) is 18.4 Å². The average molecular weight is 421 g/mol. The molecule has 1 saturated carbocycles. The van der Waals surface area contributed by atoms with E-state index in [0.29, 0.717) is 34.8 Å². The highest BCUT2D eigenvalue weighted by Gasteiger charge is 2.52. The molecule has 2 aliphatic rings. The Morgan fingerprint density at radius 3 is 2.67 bits per heavy atom. The highest BCUT2D eigenvalue weighted by atomic mass is 35.5. The van der Waals surface area contributed by atoms with Crippen molar-refractivity contribution in [3.8, 4) is 11.4 Å². The number of amides is 1. The van der Waals surface area contributed by atoms with Crippen LogP contribution in [0.5, 0.6) is 0 Å². The molecule has 8 heteroatoms. The molecule has 5 rings (SSSR count). The molecule has 2 fully saturated rings. The molecule has 1 amide bonds. The summed E-state index contributed by atoms with van der Waals surface area (Å²) < 4.78 is 0. The zero-order valence-corrected chi connectivity index (χ0v) is 17.1. The Hall–Kier alpha value is -3.06. The van der Waals surface area contributed by atoms with Crippen LogP contribution in [0.25, 0.3) is 11.4 Å². The van der Waals surface area contributed by atoms with Gasteiger partial charge in [-0.3, -0.25) is 4.79 Å². The third kappa shape index (κ3) is 3.39. The Balaban J connectivity index is 1.42. The first-order chi connectivity index (χ1) is 14.6. The third-order valence-electron chi connectivity index (χ3n) is 6.11. The van der Waals surface area contributed by atoms with Gasteiger partial charge in [-0.05, 0) is 37.3 Å². The van der Waals surface area contributed by atoms with E-state index in [2.05, 4.69) is 25.3 Å². The van der Waals surface area contributed by atoms with Crippen molar-refractivity contribution in [2.24, 2.45) is 5.92 Å². The minimum atomic E-state index is -0.241. The summed E-state index contributed by atoms with van der Waals surface area (Å²) in [6.07, 6.45) is 9.62. The monoisotopic (exact) mass is 420 g/mol. The lowest BCUT2D eigenvalue weighted by atomic mass is 9.94. The number of fused-ring (bicyclic) bond motifs is 2. The molecule has 3 aromatic rings. The lowest BCUT2D eigenvalue weighted by Gasteiger charge is -2.39. The Kier molecular flexibility index (Phi) is 4.83. The van der Waals surface area contributed by atoms with Crippen LogP contribution in [-0.4, -0.2) is 49.4 Å². The number of halogens is 1. The Morgan fingerprint density at radius 1 is 1.13 bits per heavy atom. The molecule has 1 saturated heterocycles. The van der Waals surface area contributed by atoms with Crippen LogP contribution < -0.4 is 5.32 Å². The van der Waals surface area contributed by atoms with Gasteiger partial charge in [0.15, 0.2) is 5.82 Å².